The van der Waals surface area contributed by atoms with Gasteiger partial charge in [-0.05, 0) is 42.7 Å². The van der Waals surface area contributed by atoms with E-state index in [9.17, 15) is 9.90 Å². The Morgan fingerprint density at radius 2 is 2.15 bits per heavy atom. The number of aromatic nitrogens is 1. The van der Waals surface area contributed by atoms with Crippen molar-refractivity contribution in [3.05, 3.63) is 59.1 Å². The predicted octanol–water partition coefficient (Wildman–Crippen LogP) is 3.94. The molecule has 1 aliphatic heterocycles. The lowest BCUT2D eigenvalue weighted by Gasteiger charge is -2.30. The largest absolute Gasteiger partial charge is 0.497 e. The lowest BCUT2D eigenvalue weighted by Crippen LogP contribution is -2.39. The number of ether oxygens (including phenoxy) is 1. The molecule has 1 aromatic heterocycles. The number of likely N-dealkylation sites (tertiary alicyclic amines) is 1. The molecule has 0 saturated carbocycles. The number of carbonyl (C=O) groups is 1. The van der Waals surface area contributed by atoms with E-state index in [4.69, 9.17) is 9.72 Å². The highest BCUT2D eigenvalue weighted by atomic mass is 32.1. The maximum atomic E-state index is 11.8. The summed E-state index contributed by atoms with van der Waals surface area (Å²) in [6.45, 7) is 0.745. The van der Waals surface area contributed by atoms with E-state index in [1.807, 2.05) is 42.5 Å². The van der Waals surface area contributed by atoms with Gasteiger partial charge in [-0.3, -0.25) is 9.69 Å². The van der Waals surface area contributed by atoms with Crippen LogP contribution in [0.4, 0.5) is 0 Å². The molecule has 5 nitrogen and oxygen atoms in total. The number of carboxylic acids is 1. The molecule has 26 heavy (non-hydrogen) atoms. The zero-order valence-electron chi connectivity index (χ0n) is 14.5. The molecule has 134 valence electrons. The van der Waals surface area contributed by atoms with Crippen molar-refractivity contribution in [2.24, 2.45) is 0 Å². The van der Waals surface area contributed by atoms with E-state index in [-0.39, 0.29) is 6.04 Å². The van der Waals surface area contributed by atoms with Gasteiger partial charge in [0, 0.05) is 6.54 Å². The molecule has 1 N–H and O–H groups in total. The van der Waals surface area contributed by atoms with Crippen LogP contribution in [0.2, 0.25) is 0 Å². The minimum atomic E-state index is -0.767. The molecular weight excluding hydrogens is 348 g/mol. The number of hydrogen-bond acceptors (Lipinski definition) is 5. The van der Waals surface area contributed by atoms with E-state index in [1.54, 1.807) is 18.4 Å². The lowest BCUT2D eigenvalue weighted by molar-refractivity contribution is -0.142. The van der Waals surface area contributed by atoms with Crippen molar-refractivity contribution in [2.45, 2.75) is 24.9 Å². The molecule has 0 aliphatic carbocycles. The average molecular weight is 368 g/mol. The van der Waals surface area contributed by atoms with Crippen LogP contribution in [-0.4, -0.2) is 40.7 Å². The normalized spacial score (nSPS) is 18.9. The fourth-order valence-corrected chi connectivity index (χ4v) is 4.78. The molecule has 2 unspecified atom stereocenters. The summed E-state index contributed by atoms with van der Waals surface area (Å²) in [6, 6.07) is 15.2. The summed E-state index contributed by atoms with van der Waals surface area (Å²) in [5.41, 5.74) is 1.96. The number of fused-ring (bicyclic) bond motifs is 1. The van der Waals surface area contributed by atoms with Gasteiger partial charge in [-0.25, -0.2) is 4.98 Å². The van der Waals surface area contributed by atoms with Crippen molar-refractivity contribution in [1.82, 2.24) is 9.88 Å². The summed E-state index contributed by atoms with van der Waals surface area (Å²) in [5.74, 6) is -0.00353. The molecular formula is C20H20N2O3S. The molecule has 0 bridgehead atoms. The summed E-state index contributed by atoms with van der Waals surface area (Å²) < 4.78 is 6.50. The van der Waals surface area contributed by atoms with Crippen molar-refractivity contribution in [1.29, 1.82) is 0 Å². The van der Waals surface area contributed by atoms with Gasteiger partial charge >= 0.3 is 5.97 Å². The highest BCUT2D eigenvalue weighted by Gasteiger charge is 2.38. The number of benzene rings is 2. The van der Waals surface area contributed by atoms with E-state index < -0.39 is 12.0 Å². The van der Waals surface area contributed by atoms with Crippen LogP contribution < -0.4 is 4.74 Å². The Balaban J connectivity index is 1.84. The average Bonchev–Trinajstić information content (AvgIpc) is 3.29. The number of hydrogen-bond donors (Lipinski definition) is 1. The van der Waals surface area contributed by atoms with E-state index in [1.165, 1.54) is 0 Å². The number of rotatable bonds is 5. The Bertz CT molecular complexity index is 906. The first-order valence-electron chi connectivity index (χ1n) is 8.65. The van der Waals surface area contributed by atoms with E-state index in [2.05, 4.69) is 11.0 Å². The Kier molecular flexibility index (Phi) is 4.61. The van der Waals surface area contributed by atoms with Crippen LogP contribution in [0.3, 0.4) is 0 Å². The van der Waals surface area contributed by atoms with Crippen molar-refractivity contribution in [3.8, 4) is 5.75 Å². The van der Waals surface area contributed by atoms with Gasteiger partial charge < -0.3 is 9.84 Å². The topological polar surface area (TPSA) is 62.7 Å². The fraction of sp³-hybridized carbons (Fsp3) is 0.300. The minimum Gasteiger partial charge on any atom is -0.497 e. The molecule has 3 aromatic rings. The van der Waals surface area contributed by atoms with Gasteiger partial charge in [-0.1, -0.05) is 24.3 Å². The summed E-state index contributed by atoms with van der Waals surface area (Å²) in [6.07, 6.45) is 1.54. The monoisotopic (exact) mass is 368 g/mol. The van der Waals surface area contributed by atoms with Gasteiger partial charge in [0.05, 0.1) is 23.4 Å². The van der Waals surface area contributed by atoms with Gasteiger partial charge in [0.15, 0.2) is 0 Å². The number of aliphatic carboxylic acids is 1. The summed E-state index contributed by atoms with van der Waals surface area (Å²) in [5, 5.41) is 10.6. The van der Waals surface area contributed by atoms with E-state index in [0.717, 1.165) is 39.5 Å². The zero-order valence-corrected chi connectivity index (χ0v) is 15.3. The molecule has 2 atom stereocenters. The van der Waals surface area contributed by atoms with Crippen LogP contribution >= 0.6 is 11.3 Å². The summed E-state index contributed by atoms with van der Waals surface area (Å²) in [7, 11) is 1.64. The quantitative estimate of drug-likeness (QED) is 0.739. The Morgan fingerprint density at radius 1 is 1.31 bits per heavy atom. The second kappa shape index (κ2) is 7.05. The van der Waals surface area contributed by atoms with Gasteiger partial charge in [0.1, 0.15) is 16.8 Å². The van der Waals surface area contributed by atoms with Gasteiger partial charge in [-0.2, -0.15) is 0 Å². The highest BCUT2D eigenvalue weighted by Crippen LogP contribution is 2.39. The molecule has 2 aromatic carbocycles. The van der Waals surface area contributed by atoms with Gasteiger partial charge in [0.2, 0.25) is 0 Å². The fourth-order valence-electron chi connectivity index (χ4n) is 3.66. The first-order chi connectivity index (χ1) is 12.7. The lowest BCUT2D eigenvalue weighted by atomic mass is 10.0. The van der Waals surface area contributed by atoms with E-state index >= 15 is 0 Å². The molecule has 1 aliphatic rings. The number of nitrogens with zero attached hydrogens (tertiary/aromatic N) is 2. The van der Waals surface area contributed by atoms with Gasteiger partial charge in [0.25, 0.3) is 0 Å². The maximum absolute atomic E-state index is 11.8. The SMILES string of the molecule is COc1cccc(C(c2nc3ccccc3s2)N2CCCC2C(=O)O)c1. The minimum absolute atomic E-state index is 0.189. The third-order valence-corrected chi connectivity index (χ3v) is 5.95. The number of carboxylic acid groups (broad SMARTS) is 1. The van der Waals surface area contributed by atoms with Crippen LogP contribution in [0.5, 0.6) is 5.75 Å². The third kappa shape index (κ3) is 3.06. The van der Waals surface area contributed by atoms with Crippen LogP contribution in [0, 0.1) is 0 Å². The second-order valence-electron chi connectivity index (χ2n) is 6.43. The second-order valence-corrected chi connectivity index (χ2v) is 7.50. The molecule has 1 fully saturated rings. The molecule has 6 heteroatoms. The van der Waals surface area contributed by atoms with Crippen molar-refractivity contribution in [2.75, 3.05) is 13.7 Å². The first-order valence-corrected chi connectivity index (χ1v) is 9.47. The number of thiazole rings is 1. The van der Waals surface area contributed by atoms with Crippen LogP contribution in [0.25, 0.3) is 10.2 Å². The molecule has 1 saturated heterocycles. The molecule has 4 rings (SSSR count). The molecule has 0 amide bonds. The van der Waals surface area contributed by atoms with Crippen LogP contribution in [-0.2, 0) is 4.79 Å². The first kappa shape index (κ1) is 17.0. The van der Waals surface area contributed by atoms with E-state index in [0.29, 0.717) is 6.42 Å². The standard InChI is InChI=1S/C20H20N2O3S/c1-25-14-7-4-6-13(12-14)18(22-11-5-9-16(22)20(23)24)19-21-15-8-2-3-10-17(15)26-19/h2-4,6-8,10,12,16,18H,5,9,11H2,1H3,(H,23,24). The molecule has 0 spiro atoms. The van der Waals surface area contributed by atoms with Crippen molar-refractivity contribution < 1.29 is 14.6 Å². The Morgan fingerprint density at radius 3 is 2.92 bits per heavy atom. The number of methoxy groups -OCH3 is 1. The van der Waals surface area contributed by atoms with Crippen molar-refractivity contribution >= 4 is 27.5 Å². The predicted molar refractivity (Wildman–Crippen MR) is 102 cm³/mol. The zero-order chi connectivity index (χ0) is 18.1. The van der Waals surface area contributed by atoms with Crippen LogP contribution in [0.1, 0.15) is 29.5 Å². The number of para-hydroxylation sites is 1. The maximum Gasteiger partial charge on any atom is 0.320 e. The summed E-state index contributed by atoms with van der Waals surface area (Å²) >= 11 is 1.63. The Labute approximate surface area is 155 Å². The molecule has 2 heterocycles. The van der Waals surface area contributed by atoms with Gasteiger partial charge in [-0.15, -0.1) is 11.3 Å². The molecule has 0 radical (unpaired) electrons. The van der Waals surface area contributed by atoms with Crippen LogP contribution in [0.15, 0.2) is 48.5 Å². The Hall–Kier alpha value is -2.44. The van der Waals surface area contributed by atoms with Crippen molar-refractivity contribution in [3.63, 3.8) is 0 Å². The smallest absolute Gasteiger partial charge is 0.320 e. The summed E-state index contributed by atoms with van der Waals surface area (Å²) in [4.78, 5) is 18.7. The highest BCUT2D eigenvalue weighted by molar-refractivity contribution is 7.18. The third-order valence-electron chi connectivity index (χ3n) is 4.86.